The summed E-state index contributed by atoms with van der Waals surface area (Å²) in [6.07, 6.45) is 31.9. The van der Waals surface area contributed by atoms with Crippen molar-refractivity contribution in [2.45, 2.75) is 217 Å². The van der Waals surface area contributed by atoms with Gasteiger partial charge in [-0.15, -0.1) is 6.58 Å². The zero-order chi connectivity index (χ0) is 40.2. The summed E-state index contributed by atoms with van der Waals surface area (Å²) in [5.74, 6) is -0.846. The van der Waals surface area contributed by atoms with Gasteiger partial charge < -0.3 is 39.4 Å². The first-order chi connectivity index (χ1) is 26.8. The second-order valence-electron chi connectivity index (χ2n) is 15.2. The first-order valence-electron chi connectivity index (χ1n) is 22.0. The molecule has 0 aliphatic carbocycles. The zero-order valence-electron chi connectivity index (χ0n) is 34.5. The van der Waals surface area contributed by atoms with Gasteiger partial charge in [0.1, 0.15) is 31.0 Å². The van der Waals surface area contributed by atoms with Crippen LogP contribution < -0.4 is 0 Å². The number of hydrogen-bond acceptors (Lipinski definition) is 10. The third-order valence-corrected chi connectivity index (χ3v) is 10.1. The smallest absolute Gasteiger partial charge is 0.306 e. The van der Waals surface area contributed by atoms with Gasteiger partial charge in [-0.05, 0) is 57.8 Å². The number of esters is 2. The third-order valence-electron chi connectivity index (χ3n) is 10.1. The molecule has 320 valence electrons. The van der Waals surface area contributed by atoms with Crippen molar-refractivity contribution in [2.75, 3.05) is 19.8 Å². The lowest BCUT2D eigenvalue weighted by Gasteiger charge is -2.39. The normalized spacial score (nSPS) is 20.6. The minimum Gasteiger partial charge on any atom is -0.462 e. The molecular formula is C45H80O10. The van der Waals surface area contributed by atoms with E-state index in [4.69, 9.17) is 18.9 Å². The molecule has 0 aromatic carbocycles. The van der Waals surface area contributed by atoms with Gasteiger partial charge in [0.05, 0.1) is 13.2 Å². The van der Waals surface area contributed by atoms with Crippen molar-refractivity contribution < 1.29 is 49.0 Å². The second-order valence-corrected chi connectivity index (χ2v) is 15.2. The fraction of sp³-hybridized carbons (Fsp3) is 0.822. The van der Waals surface area contributed by atoms with Gasteiger partial charge in [-0.3, -0.25) is 9.59 Å². The van der Waals surface area contributed by atoms with Gasteiger partial charge in [-0.1, -0.05) is 140 Å². The van der Waals surface area contributed by atoms with Crippen LogP contribution in [0.2, 0.25) is 0 Å². The minimum atomic E-state index is -1.60. The van der Waals surface area contributed by atoms with Gasteiger partial charge >= 0.3 is 11.9 Å². The van der Waals surface area contributed by atoms with Crippen LogP contribution in [0.5, 0.6) is 0 Å². The number of hydrogen-bond donors (Lipinski definition) is 4. The molecule has 4 N–H and O–H groups in total. The van der Waals surface area contributed by atoms with Crippen LogP contribution in [0.15, 0.2) is 37.0 Å². The van der Waals surface area contributed by atoms with Crippen molar-refractivity contribution in [3.8, 4) is 0 Å². The fourth-order valence-corrected chi connectivity index (χ4v) is 6.61. The summed E-state index contributed by atoms with van der Waals surface area (Å²) in [7, 11) is 0. The van der Waals surface area contributed by atoms with E-state index in [-0.39, 0.29) is 26.1 Å². The van der Waals surface area contributed by atoms with Crippen LogP contribution in [-0.2, 0) is 28.5 Å². The standard InChI is InChI=1S/C45H80O10/c1-3-5-7-9-11-13-15-17-19-21-23-25-27-29-31-33-40(47)52-36-38(37-53-45-44(51)43(50)42(49)39(35-46)55-45)54-41(48)34-32-30-28-26-24-22-20-18-16-14-12-10-8-6-4-2/h4,17,19,23,25,38-39,42-46,49-51H,2-3,5-16,18,20-22,24,26-37H2,1H3/b19-17+,25-23+/t38-,39-,42+,43?,44?,45-/m0/s1. The molecule has 0 aromatic rings. The second kappa shape index (κ2) is 36.3. The molecule has 0 spiro atoms. The molecule has 0 radical (unpaired) electrons. The molecule has 10 nitrogen and oxygen atoms in total. The molecule has 10 heteroatoms. The van der Waals surface area contributed by atoms with Crippen LogP contribution in [0.3, 0.4) is 0 Å². The number of carbonyl (C=O) groups excluding carboxylic acids is 2. The highest BCUT2D eigenvalue weighted by Crippen LogP contribution is 2.22. The topological polar surface area (TPSA) is 152 Å². The van der Waals surface area contributed by atoms with Crippen LogP contribution in [0, 0.1) is 0 Å². The van der Waals surface area contributed by atoms with Crippen LogP contribution >= 0.6 is 0 Å². The molecule has 1 aliphatic heterocycles. The van der Waals surface area contributed by atoms with Crippen molar-refractivity contribution in [1.29, 1.82) is 0 Å². The summed E-state index contributed by atoms with van der Waals surface area (Å²) in [6.45, 7) is 4.90. The van der Waals surface area contributed by atoms with Crippen LogP contribution in [0.1, 0.15) is 180 Å². The Morgan fingerprint density at radius 3 is 1.67 bits per heavy atom. The average molecular weight is 781 g/mol. The van der Waals surface area contributed by atoms with Crippen molar-refractivity contribution >= 4 is 11.9 Å². The molecule has 1 heterocycles. The predicted molar refractivity (Wildman–Crippen MR) is 219 cm³/mol. The van der Waals surface area contributed by atoms with Gasteiger partial charge in [0.2, 0.25) is 0 Å². The van der Waals surface area contributed by atoms with E-state index in [2.05, 4.69) is 37.8 Å². The highest BCUT2D eigenvalue weighted by molar-refractivity contribution is 5.70. The summed E-state index contributed by atoms with van der Waals surface area (Å²) in [4.78, 5) is 25.3. The Hall–Kier alpha value is -2.08. The van der Waals surface area contributed by atoms with E-state index in [0.29, 0.717) is 12.8 Å². The summed E-state index contributed by atoms with van der Waals surface area (Å²) in [5, 5.41) is 40.0. The van der Waals surface area contributed by atoms with Gasteiger partial charge in [-0.2, -0.15) is 0 Å². The van der Waals surface area contributed by atoms with E-state index >= 15 is 0 Å². The first kappa shape index (κ1) is 50.9. The molecule has 0 bridgehead atoms. The van der Waals surface area contributed by atoms with Gasteiger partial charge in [0.25, 0.3) is 0 Å². The summed E-state index contributed by atoms with van der Waals surface area (Å²) in [5.41, 5.74) is 0. The van der Waals surface area contributed by atoms with E-state index in [1.54, 1.807) is 0 Å². The van der Waals surface area contributed by atoms with E-state index in [1.807, 2.05) is 6.08 Å². The Kier molecular flexibility index (Phi) is 33.6. The summed E-state index contributed by atoms with van der Waals surface area (Å²) < 4.78 is 22.1. The van der Waals surface area contributed by atoms with E-state index in [0.717, 1.165) is 51.4 Å². The highest BCUT2D eigenvalue weighted by Gasteiger charge is 2.44. The number of aliphatic hydroxyl groups is 4. The molecule has 1 aliphatic rings. The largest absolute Gasteiger partial charge is 0.462 e. The number of unbranched alkanes of at least 4 members (excludes halogenated alkanes) is 21. The van der Waals surface area contributed by atoms with E-state index in [9.17, 15) is 30.0 Å². The molecule has 1 saturated heterocycles. The van der Waals surface area contributed by atoms with Crippen molar-refractivity contribution in [1.82, 2.24) is 0 Å². The Labute approximate surface area is 334 Å². The lowest BCUT2D eigenvalue weighted by Crippen LogP contribution is -2.59. The number of allylic oxidation sites excluding steroid dienone is 5. The number of aliphatic hydroxyl groups excluding tert-OH is 4. The molecule has 55 heavy (non-hydrogen) atoms. The molecule has 0 aromatic heterocycles. The SMILES string of the molecule is C=CCCCCCCCCCCCCCCCC(=O)O[C@@H](COC(=O)CCCC/C=C/C/C=C/CCCCCCCC)CO[C@H]1O[C@@H](CO)[C@@H](O)C(O)C1O. The lowest BCUT2D eigenvalue weighted by molar-refractivity contribution is -0.305. The third kappa shape index (κ3) is 28.0. The molecule has 0 saturated carbocycles. The fourth-order valence-electron chi connectivity index (χ4n) is 6.61. The lowest BCUT2D eigenvalue weighted by atomic mass is 9.99. The van der Waals surface area contributed by atoms with Gasteiger partial charge in [0, 0.05) is 12.8 Å². The molecule has 6 atom stereocenters. The van der Waals surface area contributed by atoms with Crippen molar-refractivity contribution in [2.24, 2.45) is 0 Å². The summed E-state index contributed by atoms with van der Waals surface area (Å²) >= 11 is 0. The van der Waals surface area contributed by atoms with E-state index < -0.39 is 55.4 Å². The van der Waals surface area contributed by atoms with Gasteiger partial charge in [0.15, 0.2) is 12.4 Å². The zero-order valence-corrected chi connectivity index (χ0v) is 34.5. The number of carbonyl (C=O) groups is 2. The van der Waals surface area contributed by atoms with Crippen LogP contribution in [0.25, 0.3) is 0 Å². The highest BCUT2D eigenvalue weighted by atomic mass is 16.7. The molecule has 2 unspecified atom stereocenters. The average Bonchev–Trinajstić information content (AvgIpc) is 3.18. The van der Waals surface area contributed by atoms with Crippen LogP contribution in [0.4, 0.5) is 0 Å². The quantitative estimate of drug-likeness (QED) is 0.0273. The molecule has 1 fully saturated rings. The maximum absolute atomic E-state index is 12.7. The van der Waals surface area contributed by atoms with E-state index in [1.165, 1.54) is 96.3 Å². The number of ether oxygens (including phenoxy) is 4. The Morgan fingerprint density at radius 1 is 0.618 bits per heavy atom. The Bertz CT molecular complexity index is 983. The Morgan fingerprint density at radius 2 is 1.11 bits per heavy atom. The minimum absolute atomic E-state index is 0.222. The molecule has 1 rings (SSSR count). The molecular weight excluding hydrogens is 700 g/mol. The first-order valence-corrected chi connectivity index (χ1v) is 22.0. The molecule has 0 amide bonds. The van der Waals surface area contributed by atoms with Crippen molar-refractivity contribution in [3.05, 3.63) is 37.0 Å². The monoisotopic (exact) mass is 781 g/mol. The maximum Gasteiger partial charge on any atom is 0.306 e. The van der Waals surface area contributed by atoms with Gasteiger partial charge in [-0.25, -0.2) is 0 Å². The van der Waals surface area contributed by atoms with Crippen LogP contribution in [-0.4, -0.2) is 89.0 Å². The Balaban J connectivity index is 2.35. The number of rotatable bonds is 37. The predicted octanol–water partition coefficient (Wildman–Crippen LogP) is 9.11. The summed E-state index contributed by atoms with van der Waals surface area (Å²) in [6, 6.07) is 0. The maximum atomic E-state index is 12.7. The van der Waals surface area contributed by atoms with Crippen molar-refractivity contribution in [3.63, 3.8) is 0 Å².